The summed E-state index contributed by atoms with van der Waals surface area (Å²) in [7, 11) is 1.82. The van der Waals surface area contributed by atoms with Gasteiger partial charge in [-0.2, -0.15) is 0 Å². The molecule has 0 spiro atoms. The molecule has 0 aromatic rings. The molecule has 4 aliphatic carbocycles. The molecule has 23 heavy (non-hydrogen) atoms. The minimum absolute atomic E-state index is 0.385. The van der Waals surface area contributed by atoms with Gasteiger partial charge in [0.05, 0.1) is 12.9 Å². The van der Waals surface area contributed by atoms with Crippen LogP contribution in [0.2, 0.25) is 0 Å². The minimum atomic E-state index is 0.385. The van der Waals surface area contributed by atoms with Crippen LogP contribution >= 0.6 is 0 Å². The average molecular weight is 312 g/mol. The lowest BCUT2D eigenvalue weighted by molar-refractivity contribution is -0.0150. The van der Waals surface area contributed by atoms with E-state index in [1.165, 1.54) is 37.9 Å². The Hall–Kier alpha value is -0.980. The molecule has 0 amide bonds. The number of hydrogen-bond donors (Lipinski definition) is 0. The van der Waals surface area contributed by atoms with Crippen LogP contribution in [0, 0.1) is 40.9 Å². The van der Waals surface area contributed by atoms with Gasteiger partial charge in [-0.3, -0.25) is 0 Å². The Morgan fingerprint density at radius 1 is 1.30 bits per heavy atom. The molecule has 0 aromatic carbocycles. The van der Waals surface area contributed by atoms with E-state index in [1.54, 1.807) is 5.57 Å². The van der Waals surface area contributed by atoms with E-state index in [1.807, 2.05) is 7.11 Å². The van der Waals surface area contributed by atoms with Gasteiger partial charge in [0.25, 0.3) is 0 Å². The van der Waals surface area contributed by atoms with Crippen LogP contribution in [-0.2, 0) is 4.74 Å². The molecule has 126 valence electrons. The Labute approximate surface area is 141 Å². The lowest BCUT2D eigenvalue weighted by Crippen LogP contribution is -2.48. The summed E-state index contributed by atoms with van der Waals surface area (Å²) in [5.74, 6) is 6.44. The molecule has 4 unspecified atom stereocenters. The molecule has 2 fully saturated rings. The highest BCUT2D eigenvalue weighted by atomic mass is 16.5. The number of methoxy groups -OCH3 is 1. The van der Waals surface area contributed by atoms with Crippen LogP contribution in [0.25, 0.3) is 0 Å². The van der Waals surface area contributed by atoms with Gasteiger partial charge in [0.2, 0.25) is 0 Å². The van der Waals surface area contributed by atoms with Gasteiger partial charge >= 0.3 is 0 Å². The summed E-state index contributed by atoms with van der Waals surface area (Å²) < 4.78 is 5.55. The molecule has 1 heteroatoms. The van der Waals surface area contributed by atoms with Crippen molar-refractivity contribution in [2.75, 3.05) is 7.11 Å². The molecule has 0 N–H and O–H groups in total. The highest BCUT2D eigenvalue weighted by Gasteiger charge is 2.55. The van der Waals surface area contributed by atoms with Gasteiger partial charge < -0.3 is 4.74 Å². The average Bonchev–Trinajstić information content (AvgIpc) is 3.00. The van der Waals surface area contributed by atoms with Gasteiger partial charge in [-0.05, 0) is 84.7 Å². The van der Waals surface area contributed by atoms with Crippen molar-refractivity contribution >= 4 is 0 Å². The maximum Gasteiger partial charge on any atom is 0.0958 e. The van der Waals surface area contributed by atoms with E-state index in [0.717, 1.165) is 41.9 Å². The Morgan fingerprint density at radius 3 is 2.87 bits per heavy atom. The summed E-state index contributed by atoms with van der Waals surface area (Å²) in [5, 5.41) is 0. The summed E-state index contributed by atoms with van der Waals surface area (Å²) in [6.45, 7) is 9.21. The van der Waals surface area contributed by atoms with Crippen LogP contribution in [-0.4, -0.2) is 7.11 Å². The zero-order chi connectivity index (χ0) is 16.2. The smallest absolute Gasteiger partial charge is 0.0958 e. The van der Waals surface area contributed by atoms with Crippen molar-refractivity contribution in [3.8, 4) is 0 Å². The quantitative estimate of drug-likeness (QED) is 0.590. The number of rotatable bonds is 2. The lowest BCUT2D eigenvalue weighted by Gasteiger charge is -2.55. The van der Waals surface area contributed by atoms with Crippen LogP contribution in [0.4, 0.5) is 0 Å². The Morgan fingerprint density at radius 2 is 2.13 bits per heavy atom. The number of hydrogen-bond acceptors (Lipinski definition) is 1. The molecule has 0 bridgehead atoms. The van der Waals surface area contributed by atoms with Gasteiger partial charge in [0.15, 0.2) is 0 Å². The molecule has 4 aliphatic rings. The monoisotopic (exact) mass is 312 g/mol. The summed E-state index contributed by atoms with van der Waals surface area (Å²) in [6.07, 6.45) is 15.1. The molecule has 0 radical (unpaired) electrons. The second kappa shape index (κ2) is 5.53. The highest BCUT2D eigenvalue weighted by Crippen LogP contribution is 2.63. The largest absolute Gasteiger partial charge is 0.501 e. The van der Waals surface area contributed by atoms with Gasteiger partial charge in [0, 0.05) is 6.42 Å². The van der Waals surface area contributed by atoms with E-state index in [0.29, 0.717) is 5.41 Å². The van der Waals surface area contributed by atoms with Gasteiger partial charge in [-0.1, -0.05) is 26.0 Å². The van der Waals surface area contributed by atoms with Crippen molar-refractivity contribution in [2.24, 2.45) is 40.9 Å². The highest BCUT2D eigenvalue weighted by molar-refractivity contribution is 5.35. The summed E-state index contributed by atoms with van der Waals surface area (Å²) in [5.41, 5.74) is 1.96. The first-order chi connectivity index (χ1) is 11.1. The van der Waals surface area contributed by atoms with Crippen LogP contribution < -0.4 is 0 Å². The molecule has 2 saturated carbocycles. The Balaban J connectivity index is 1.68. The first-order valence-corrected chi connectivity index (χ1v) is 9.66. The standard InChI is InChI=1S/C22H32O/c1-5-15-6-8-19-18-9-7-16-13-17(23-4)10-11-22(16,3)20(18)12-14(2)21(15)19/h5,7,13-15,18-21H,1,6,8-12H2,2-4H3/t14-,15+,18?,19?,20?,21?,22+/m1/s1. The van der Waals surface area contributed by atoms with E-state index in [9.17, 15) is 0 Å². The molecular weight excluding hydrogens is 280 g/mol. The van der Waals surface area contributed by atoms with Crippen molar-refractivity contribution < 1.29 is 4.74 Å². The maximum absolute atomic E-state index is 5.55. The third-order valence-corrected chi connectivity index (χ3v) is 8.03. The van der Waals surface area contributed by atoms with Crippen LogP contribution in [0.15, 0.2) is 36.1 Å². The fourth-order valence-electron chi connectivity index (χ4n) is 6.86. The number of ether oxygens (including phenoxy) is 1. The molecule has 0 saturated heterocycles. The van der Waals surface area contributed by atoms with Crippen molar-refractivity contribution in [3.05, 3.63) is 36.1 Å². The number of allylic oxidation sites excluding steroid dienone is 5. The first-order valence-electron chi connectivity index (χ1n) is 9.66. The van der Waals surface area contributed by atoms with Gasteiger partial charge in [-0.25, -0.2) is 0 Å². The van der Waals surface area contributed by atoms with Gasteiger partial charge in [-0.15, -0.1) is 6.58 Å². The molecule has 0 aromatic heterocycles. The first kappa shape index (κ1) is 15.5. The summed E-state index contributed by atoms with van der Waals surface area (Å²) >= 11 is 0. The van der Waals surface area contributed by atoms with E-state index in [2.05, 4.69) is 38.7 Å². The molecule has 1 nitrogen and oxygen atoms in total. The Kier molecular flexibility index (Phi) is 3.74. The van der Waals surface area contributed by atoms with Crippen LogP contribution in [0.5, 0.6) is 0 Å². The molecule has 0 aliphatic heterocycles. The van der Waals surface area contributed by atoms with E-state index in [4.69, 9.17) is 4.74 Å². The zero-order valence-corrected chi connectivity index (χ0v) is 15.1. The number of fused-ring (bicyclic) bond motifs is 5. The van der Waals surface area contributed by atoms with E-state index in [-0.39, 0.29) is 0 Å². The van der Waals surface area contributed by atoms with Crippen molar-refractivity contribution in [2.45, 2.75) is 52.4 Å². The topological polar surface area (TPSA) is 9.23 Å². The normalized spacial score (nSPS) is 48.5. The maximum atomic E-state index is 5.55. The predicted molar refractivity (Wildman–Crippen MR) is 95.8 cm³/mol. The summed E-state index contributed by atoms with van der Waals surface area (Å²) in [6, 6.07) is 0. The molecule has 4 rings (SSSR count). The minimum Gasteiger partial charge on any atom is -0.501 e. The second-order valence-corrected chi connectivity index (χ2v) is 8.83. The van der Waals surface area contributed by atoms with Crippen molar-refractivity contribution in [1.29, 1.82) is 0 Å². The molecular formula is C22H32O. The van der Waals surface area contributed by atoms with Gasteiger partial charge in [0.1, 0.15) is 0 Å². The van der Waals surface area contributed by atoms with Crippen LogP contribution in [0.3, 0.4) is 0 Å². The predicted octanol–water partition coefficient (Wildman–Crippen LogP) is 5.75. The zero-order valence-electron chi connectivity index (χ0n) is 15.1. The second-order valence-electron chi connectivity index (χ2n) is 8.83. The third kappa shape index (κ3) is 2.18. The lowest BCUT2D eigenvalue weighted by atomic mass is 9.49. The van der Waals surface area contributed by atoms with E-state index < -0.39 is 0 Å². The SMILES string of the molecule is C=C[C@H]1CCC2C3CC=C4C=C(OC)CC[C@]4(C)C3C[C@@H](C)C21. The summed E-state index contributed by atoms with van der Waals surface area (Å²) in [4.78, 5) is 0. The molecule has 7 atom stereocenters. The fourth-order valence-corrected chi connectivity index (χ4v) is 6.86. The van der Waals surface area contributed by atoms with Crippen LogP contribution in [0.1, 0.15) is 52.4 Å². The Bertz CT molecular complexity index is 556. The third-order valence-electron chi connectivity index (χ3n) is 8.03. The molecule has 0 heterocycles. The van der Waals surface area contributed by atoms with Crippen molar-refractivity contribution in [1.82, 2.24) is 0 Å². The fraction of sp³-hybridized carbons (Fsp3) is 0.727. The van der Waals surface area contributed by atoms with Crippen molar-refractivity contribution in [3.63, 3.8) is 0 Å². The van der Waals surface area contributed by atoms with E-state index >= 15 is 0 Å².